The van der Waals surface area contributed by atoms with Crippen LogP contribution in [0, 0.1) is 0 Å². The summed E-state index contributed by atoms with van der Waals surface area (Å²) in [7, 11) is 0. The van der Waals surface area contributed by atoms with Gasteiger partial charge in [0, 0.05) is 58.4 Å². The van der Waals surface area contributed by atoms with Gasteiger partial charge in [0.1, 0.15) is 0 Å². The number of imide groups is 1. The van der Waals surface area contributed by atoms with Gasteiger partial charge in [0.25, 0.3) is 11.8 Å². The number of carbonyl (C=O) groups excluding carboxylic acids is 2. The Morgan fingerprint density at radius 1 is 0.594 bits per heavy atom. The van der Waals surface area contributed by atoms with E-state index in [0.717, 1.165) is 58.9 Å². The number of hydrogen-bond acceptors (Lipinski definition) is 2. The minimum absolute atomic E-state index is 0.311. The number of fused-ring (bicyclic) bond motifs is 12. The van der Waals surface area contributed by atoms with Gasteiger partial charge in [0.15, 0.2) is 0 Å². The van der Waals surface area contributed by atoms with E-state index in [4.69, 9.17) is 0 Å². The van der Waals surface area contributed by atoms with Crippen molar-refractivity contribution in [1.82, 2.24) is 14.5 Å². The number of aryl methyl sites for hydroxylation is 2. The minimum Gasteiger partial charge on any atom is -0.347 e. The van der Waals surface area contributed by atoms with Crippen LogP contribution in [0.25, 0.3) is 33.0 Å². The molecule has 0 atom stereocenters. The van der Waals surface area contributed by atoms with E-state index in [9.17, 15) is 9.59 Å². The van der Waals surface area contributed by atoms with Gasteiger partial charge in [-0.05, 0) is 25.0 Å². The summed E-state index contributed by atoms with van der Waals surface area (Å²) in [6.45, 7) is 1.83. The van der Waals surface area contributed by atoms with Gasteiger partial charge in [-0.15, -0.1) is 0 Å². The van der Waals surface area contributed by atoms with Crippen molar-refractivity contribution in [2.75, 3.05) is 0 Å². The predicted molar refractivity (Wildman–Crippen MR) is 127 cm³/mol. The van der Waals surface area contributed by atoms with Crippen LogP contribution < -0.4 is 5.32 Å². The predicted octanol–water partition coefficient (Wildman–Crippen LogP) is 5.13. The van der Waals surface area contributed by atoms with Crippen LogP contribution in [0.1, 0.15) is 43.2 Å². The normalized spacial score (nSPS) is 17.4. The second kappa shape index (κ2) is 7.52. The van der Waals surface area contributed by atoms with Crippen LogP contribution in [0.2, 0.25) is 0 Å². The lowest BCUT2D eigenvalue weighted by Gasteiger charge is -2.07. The Kier molecular flexibility index (Phi) is 4.49. The summed E-state index contributed by atoms with van der Waals surface area (Å²) >= 11 is 0. The van der Waals surface area contributed by atoms with E-state index < -0.39 is 0 Å². The summed E-state index contributed by atoms with van der Waals surface area (Å²) in [5.41, 5.74) is 4.87. The molecule has 0 radical (unpaired) electrons. The third-order valence-electron chi connectivity index (χ3n) is 6.85. The molecule has 2 aliphatic heterocycles. The van der Waals surface area contributed by atoms with E-state index in [0.29, 0.717) is 11.1 Å². The molecule has 0 aliphatic carbocycles. The van der Waals surface area contributed by atoms with E-state index >= 15 is 0 Å². The maximum Gasteiger partial charge on any atom is 0.259 e. The van der Waals surface area contributed by atoms with E-state index in [1.807, 2.05) is 36.4 Å². The van der Waals surface area contributed by atoms with Crippen molar-refractivity contribution in [1.29, 1.82) is 0 Å². The van der Waals surface area contributed by atoms with E-state index in [2.05, 4.69) is 39.0 Å². The molecular weight excluding hydrogens is 398 g/mol. The Hall–Kier alpha value is -3.60. The Labute approximate surface area is 186 Å². The molecule has 6 rings (SSSR count). The second-order valence-corrected chi connectivity index (χ2v) is 8.81. The van der Waals surface area contributed by atoms with Gasteiger partial charge in [-0.1, -0.05) is 55.7 Å². The molecular formula is C27H25N3O2. The molecule has 2 aromatic heterocycles. The minimum atomic E-state index is -0.311. The zero-order valence-electron chi connectivity index (χ0n) is 17.9. The lowest BCUT2D eigenvalue weighted by atomic mass is 9.95. The highest BCUT2D eigenvalue weighted by Gasteiger charge is 2.35. The quantitative estimate of drug-likeness (QED) is 0.399. The fraction of sp³-hybridized carbons (Fsp3) is 0.259. The molecule has 0 unspecified atom stereocenters. The maximum atomic E-state index is 13.1. The van der Waals surface area contributed by atoms with Crippen molar-refractivity contribution in [2.45, 2.75) is 45.2 Å². The molecule has 0 saturated carbocycles. The number of para-hydroxylation sites is 2. The van der Waals surface area contributed by atoms with Gasteiger partial charge in [0.05, 0.1) is 11.1 Å². The van der Waals surface area contributed by atoms with Crippen LogP contribution in [0.4, 0.5) is 0 Å². The van der Waals surface area contributed by atoms with Gasteiger partial charge < -0.3 is 9.13 Å². The number of hydrogen-bond donors (Lipinski definition) is 1. The average molecular weight is 424 g/mol. The van der Waals surface area contributed by atoms with Gasteiger partial charge >= 0.3 is 0 Å². The van der Waals surface area contributed by atoms with E-state index in [1.54, 1.807) is 0 Å². The number of carbonyl (C=O) groups is 2. The first-order chi connectivity index (χ1) is 15.7. The Morgan fingerprint density at radius 3 is 1.53 bits per heavy atom. The lowest BCUT2D eigenvalue weighted by molar-refractivity contribution is -0.122. The summed E-state index contributed by atoms with van der Waals surface area (Å²) < 4.78 is 4.49. The molecule has 32 heavy (non-hydrogen) atoms. The van der Waals surface area contributed by atoms with Crippen LogP contribution >= 0.6 is 0 Å². The van der Waals surface area contributed by atoms with Crippen molar-refractivity contribution >= 4 is 44.8 Å². The largest absolute Gasteiger partial charge is 0.347 e. The Morgan fingerprint density at radius 2 is 1.03 bits per heavy atom. The zero-order chi connectivity index (χ0) is 21.7. The van der Waals surface area contributed by atoms with Crippen LogP contribution in [0.5, 0.6) is 0 Å². The fourth-order valence-corrected chi connectivity index (χ4v) is 5.33. The molecule has 2 aromatic carbocycles. The third kappa shape index (κ3) is 2.92. The standard InChI is InChI=1S/C27H25N3O2/c31-26-24-20-16-29(22-12-6-4-10-18(20)22)14-8-2-1-3-9-15-30-17-21(25(24)27(32)28-26)19-11-5-7-13-23(19)30/h4-7,10-13,16-17H,1-3,8-9,14-15H2,(H,28,31,32). The molecule has 160 valence electrons. The number of benzene rings is 2. The highest BCUT2D eigenvalue weighted by atomic mass is 16.2. The number of amides is 2. The molecule has 0 fully saturated rings. The monoisotopic (exact) mass is 423 g/mol. The number of rotatable bonds is 0. The van der Waals surface area contributed by atoms with Crippen LogP contribution in [0.3, 0.4) is 0 Å². The molecule has 4 aromatic rings. The van der Waals surface area contributed by atoms with Gasteiger partial charge in [-0.2, -0.15) is 0 Å². The number of nitrogens with one attached hydrogen (secondary N) is 1. The van der Waals surface area contributed by atoms with Crippen molar-refractivity contribution in [3.63, 3.8) is 0 Å². The first-order valence-electron chi connectivity index (χ1n) is 11.5. The second-order valence-electron chi connectivity index (χ2n) is 8.81. The summed E-state index contributed by atoms with van der Waals surface area (Å²) in [5, 5.41) is 4.61. The molecule has 0 spiro atoms. The SMILES string of the molecule is O=C1NC(=O)C2=C1c1cn(c3ccccc13)CCCCCCCn1cc2c2ccccc21. The summed E-state index contributed by atoms with van der Waals surface area (Å²) in [4.78, 5) is 26.2. The zero-order valence-corrected chi connectivity index (χ0v) is 17.9. The summed E-state index contributed by atoms with van der Waals surface area (Å²) in [6, 6.07) is 16.4. The highest BCUT2D eigenvalue weighted by molar-refractivity contribution is 6.50. The van der Waals surface area contributed by atoms with Gasteiger partial charge in [-0.25, -0.2) is 0 Å². The van der Waals surface area contributed by atoms with Crippen molar-refractivity contribution in [3.05, 3.63) is 72.1 Å². The van der Waals surface area contributed by atoms with Crippen molar-refractivity contribution in [2.24, 2.45) is 0 Å². The van der Waals surface area contributed by atoms with E-state index in [-0.39, 0.29) is 11.8 Å². The molecule has 5 heteroatoms. The van der Waals surface area contributed by atoms with E-state index in [1.165, 1.54) is 19.3 Å². The fourth-order valence-electron chi connectivity index (χ4n) is 5.33. The summed E-state index contributed by atoms with van der Waals surface area (Å²) in [6.07, 6.45) is 9.93. The van der Waals surface area contributed by atoms with Crippen LogP contribution in [-0.4, -0.2) is 20.9 Å². The first kappa shape index (κ1) is 19.1. The Bertz CT molecular complexity index is 1310. The average Bonchev–Trinajstić information content (AvgIpc) is 3.43. The molecule has 1 N–H and O–H groups in total. The maximum absolute atomic E-state index is 13.1. The third-order valence-corrected chi connectivity index (χ3v) is 6.85. The number of nitrogens with zero attached hydrogens (tertiary/aromatic N) is 2. The summed E-state index contributed by atoms with van der Waals surface area (Å²) in [5.74, 6) is -0.622. The molecule has 5 nitrogen and oxygen atoms in total. The molecule has 2 aliphatic rings. The van der Waals surface area contributed by atoms with Gasteiger partial charge in [-0.3, -0.25) is 14.9 Å². The van der Waals surface area contributed by atoms with Crippen molar-refractivity contribution in [3.8, 4) is 0 Å². The molecule has 2 amide bonds. The smallest absolute Gasteiger partial charge is 0.259 e. The first-order valence-corrected chi connectivity index (χ1v) is 11.5. The highest BCUT2D eigenvalue weighted by Crippen LogP contribution is 2.39. The van der Waals surface area contributed by atoms with Crippen molar-refractivity contribution < 1.29 is 9.59 Å². The molecule has 0 saturated heterocycles. The number of aromatic nitrogens is 2. The van der Waals surface area contributed by atoms with Crippen LogP contribution in [-0.2, 0) is 22.7 Å². The molecule has 4 bridgehead atoms. The Balaban J connectivity index is 1.68. The topological polar surface area (TPSA) is 56.0 Å². The molecule has 4 heterocycles. The van der Waals surface area contributed by atoms with Crippen LogP contribution in [0.15, 0.2) is 60.9 Å². The van der Waals surface area contributed by atoms with Gasteiger partial charge in [0.2, 0.25) is 0 Å². The lowest BCUT2D eigenvalue weighted by Crippen LogP contribution is -2.22.